The third kappa shape index (κ3) is 13.0. The molecule has 0 aliphatic heterocycles. The number of fused-ring (bicyclic) bond motifs is 7. The zero-order valence-corrected chi connectivity index (χ0v) is 39.3. The van der Waals surface area contributed by atoms with Crippen molar-refractivity contribution in [1.29, 1.82) is 0 Å². The van der Waals surface area contributed by atoms with E-state index in [0.29, 0.717) is 0 Å². The molecule has 9 aromatic rings. The number of thiophene rings is 2. The van der Waals surface area contributed by atoms with Crippen LogP contribution in [0, 0.1) is 0 Å². The molecule has 0 aliphatic carbocycles. The number of para-hydroxylation sites is 1. The van der Waals surface area contributed by atoms with E-state index in [2.05, 4.69) is 169 Å². The molecule has 3 heteroatoms. The number of anilines is 3. The van der Waals surface area contributed by atoms with Crippen LogP contribution in [0.4, 0.5) is 17.1 Å². The second-order valence-electron chi connectivity index (χ2n) is 11.6. The smallest absolute Gasteiger partial charge is 0.0640 e. The third-order valence-corrected chi connectivity index (χ3v) is 10.8. The zero-order valence-electron chi connectivity index (χ0n) is 37.7. The van der Waals surface area contributed by atoms with Crippen LogP contribution in [0.1, 0.15) is 83.1 Å². The highest BCUT2D eigenvalue weighted by atomic mass is 32.1. The Labute approximate surface area is 365 Å². The summed E-state index contributed by atoms with van der Waals surface area (Å²) >= 11 is 3.76. The van der Waals surface area contributed by atoms with Crippen molar-refractivity contribution in [3.63, 3.8) is 0 Å². The van der Waals surface area contributed by atoms with Gasteiger partial charge in [0.15, 0.2) is 0 Å². The lowest BCUT2D eigenvalue weighted by Crippen LogP contribution is -2.10. The maximum atomic E-state index is 2.44. The molecule has 2 aromatic heterocycles. The van der Waals surface area contributed by atoms with E-state index in [-0.39, 0.29) is 0 Å². The monoisotopic (exact) mass is 817 g/mol. The molecule has 0 amide bonds. The van der Waals surface area contributed by atoms with Gasteiger partial charge in [-0.1, -0.05) is 221 Å². The summed E-state index contributed by atoms with van der Waals surface area (Å²) in [6.07, 6.45) is 8.00. The van der Waals surface area contributed by atoms with Gasteiger partial charge in [-0.25, -0.2) is 0 Å². The van der Waals surface area contributed by atoms with Crippen LogP contribution in [0.25, 0.3) is 51.1 Å². The van der Waals surface area contributed by atoms with E-state index in [1.54, 1.807) is 0 Å². The maximum Gasteiger partial charge on any atom is 0.0640 e. The molecule has 0 bridgehead atoms. The lowest BCUT2D eigenvalue weighted by molar-refractivity contribution is 1.32. The average molecular weight is 818 g/mol. The predicted octanol–water partition coefficient (Wildman–Crippen LogP) is 20.0. The molecule has 59 heavy (non-hydrogen) atoms. The molecule has 0 radical (unpaired) electrons. The molecule has 0 aliphatic rings. The molecular weight excluding hydrogens is 751 g/mol. The number of hydrogen-bond acceptors (Lipinski definition) is 3. The Hall–Kier alpha value is -5.48. The summed E-state index contributed by atoms with van der Waals surface area (Å²) in [7, 11) is 0. The minimum absolute atomic E-state index is 1.17. The standard InChI is InChI=1S/C30H19NS2.C10H8.C6H10.5C2H6/c1-2-10-20(11-3-1)31(25-16-8-14-23-21-12-4-6-18-27(21)32-29(23)25)26-17-9-15-24-22-13-5-7-19-28(22)33-30(24)26;1-2-6-10-8-4-3-7-9(10)5-1;1-3-5-6-4-2;5*1-2/h1-19H;1-8H;3-6H,1-2H3;5*1-2H3/b;;5-3-,6-4-;;;;;. The van der Waals surface area contributed by atoms with Gasteiger partial charge in [-0.05, 0) is 61.0 Å². The Bertz CT molecular complexity index is 2350. The SMILES string of the molecule is C/C=C\C=C/C.CC.CC.CC.CC.CC.c1ccc(N(c2cccc3c2sc2ccccc23)c2cccc3c2sc2ccccc23)cc1.c1ccc2ccccc2c1. The van der Waals surface area contributed by atoms with Gasteiger partial charge < -0.3 is 4.90 Å². The Balaban J connectivity index is 0.000000381. The van der Waals surface area contributed by atoms with Gasteiger partial charge in [-0.2, -0.15) is 0 Å². The van der Waals surface area contributed by atoms with Crippen LogP contribution in [0.15, 0.2) is 188 Å². The van der Waals surface area contributed by atoms with Crippen molar-refractivity contribution < 1.29 is 0 Å². The van der Waals surface area contributed by atoms with E-state index in [0.717, 1.165) is 0 Å². The second-order valence-corrected chi connectivity index (χ2v) is 13.7. The number of hydrogen-bond donors (Lipinski definition) is 0. The third-order valence-electron chi connectivity index (χ3n) is 8.42. The average Bonchev–Trinajstić information content (AvgIpc) is 3.92. The molecule has 0 spiro atoms. The van der Waals surface area contributed by atoms with E-state index in [1.165, 1.54) is 68.2 Å². The van der Waals surface area contributed by atoms with Gasteiger partial charge in [0.1, 0.15) is 0 Å². The van der Waals surface area contributed by atoms with E-state index in [4.69, 9.17) is 0 Å². The maximum absolute atomic E-state index is 2.44. The number of benzene rings is 7. The van der Waals surface area contributed by atoms with Crippen molar-refractivity contribution in [2.45, 2.75) is 83.1 Å². The van der Waals surface area contributed by atoms with Gasteiger partial charge in [0.05, 0.1) is 20.8 Å². The molecular formula is C56H67NS2. The molecule has 7 aromatic carbocycles. The molecule has 0 saturated heterocycles. The molecule has 0 atom stereocenters. The Morgan fingerprint density at radius 3 is 1.03 bits per heavy atom. The fraction of sp³-hybridized carbons (Fsp3) is 0.214. The minimum Gasteiger partial charge on any atom is -0.308 e. The van der Waals surface area contributed by atoms with Crippen LogP contribution >= 0.6 is 22.7 Å². The van der Waals surface area contributed by atoms with Crippen LogP contribution in [-0.2, 0) is 0 Å². The van der Waals surface area contributed by atoms with E-state index >= 15 is 0 Å². The number of allylic oxidation sites excluding steroid dienone is 4. The van der Waals surface area contributed by atoms with Crippen molar-refractivity contribution >= 4 is 90.9 Å². The summed E-state index contributed by atoms with van der Waals surface area (Å²) in [5, 5.41) is 7.91. The van der Waals surface area contributed by atoms with Gasteiger partial charge in [0.25, 0.3) is 0 Å². The van der Waals surface area contributed by atoms with Crippen molar-refractivity contribution in [3.8, 4) is 0 Å². The highest BCUT2D eigenvalue weighted by Crippen LogP contribution is 2.48. The highest BCUT2D eigenvalue weighted by Gasteiger charge is 2.20. The highest BCUT2D eigenvalue weighted by molar-refractivity contribution is 7.27. The number of nitrogens with zero attached hydrogens (tertiary/aromatic N) is 1. The summed E-state index contributed by atoms with van der Waals surface area (Å²) < 4.78 is 5.29. The van der Waals surface area contributed by atoms with Gasteiger partial charge in [-0.15, -0.1) is 22.7 Å². The zero-order chi connectivity index (χ0) is 43.4. The first-order chi connectivity index (χ1) is 29.3. The predicted molar refractivity (Wildman–Crippen MR) is 277 cm³/mol. The molecule has 2 heterocycles. The first-order valence-corrected chi connectivity index (χ1v) is 23.2. The first-order valence-electron chi connectivity index (χ1n) is 21.6. The van der Waals surface area contributed by atoms with Gasteiger partial charge in [-0.3, -0.25) is 0 Å². The fourth-order valence-corrected chi connectivity index (χ4v) is 8.57. The van der Waals surface area contributed by atoms with Crippen LogP contribution < -0.4 is 4.90 Å². The molecule has 1 nitrogen and oxygen atoms in total. The summed E-state index contributed by atoms with van der Waals surface area (Å²) in [6.45, 7) is 24.0. The molecule has 0 fully saturated rings. The quantitative estimate of drug-likeness (QED) is 0.160. The largest absolute Gasteiger partial charge is 0.308 e. The van der Waals surface area contributed by atoms with Crippen molar-refractivity contribution in [2.24, 2.45) is 0 Å². The van der Waals surface area contributed by atoms with Crippen LogP contribution in [0.5, 0.6) is 0 Å². The van der Waals surface area contributed by atoms with Crippen LogP contribution in [-0.4, -0.2) is 0 Å². The lowest BCUT2D eigenvalue weighted by atomic mass is 10.1. The molecule has 0 unspecified atom stereocenters. The first kappa shape index (κ1) is 49.7. The lowest BCUT2D eigenvalue weighted by Gasteiger charge is -2.26. The summed E-state index contributed by atoms with van der Waals surface area (Å²) in [5.41, 5.74) is 3.63. The second kappa shape index (κ2) is 28.8. The van der Waals surface area contributed by atoms with Crippen molar-refractivity contribution in [1.82, 2.24) is 0 Å². The van der Waals surface area contributed by atoms with Crippen LogP contribution in [0.2, 0.25) is 0 Å². The Kier molecular flexibility index (Phi) is 24.3. The normalized spacial score (nSPS) is 9.90. The summed E-state index contributed by atoms with van der Waals surface area (Å²) in [5.74, 6) is 0. The van der Waals surface area contributed by atoms with Crippen molar-refractivity contribution in [3.05, 3.63) is 188 Å². The topological polar surface area (TPSA) is 3.24 Å². The van der Waals surface area contributed by atoms with Crippen molar-refractivity contribution in [2.75, 3.05) is 4.90 Å². The van der Waals surface area contributed by atoms with Crippen LogP contribution in [0.3, 0.4) is 0 Å². The van der Waals surface area contributed by atoms with E-state index in [9.17, 15) is 0 Å². The van der Waals surface area contributed by atoms with Gasteiger partial charge in [0, 0.05) is 36.6 Å². The summed E-state index contributed by atoms with van der Waals surface area (Å²) in [4.78, 5) is 2.44. The Morgan fingerprint density at radius 2 is 0.661 bits per heavy atom. The summed E-state index contributed by atoms with van der Waals surface area (Å²) in [6, 6.07) is 58.3. The number of rotatable bonds is 4. The molecule has 0 N–H and O–H groups in total. The van der Waals surface area contributed by atoms with Gasteiger partial charge >= 0.3 is 0 Å². The van der Waals surface area contributed by atoms with Gasteiger partial charge in [0.2, 0.25) is 0 Å². The minimum atomic E-state index is 1.17. The fourth-order valence-electron chi connectivity index (χ4n) is 6.16. The van der Waals surface area contributed by atoms with E-state index in [1.807, 2.05) is 130 Å². The van der Waals surface area contributed by atoms with E-state index < -0.39 is 0 Å². The Morgan fingerprint density at radius 1 is 0.339 bits per heavy atom. The molecule has 0 saturated carbocycles. The molecule has 9 rings (SSSR count). The molecule has 308 valence electrons.